The first-order valence-corrected chi connectivity index (χ1v) is 6.08. The van der Waals surface area contributed by atoms with Gasteiger partial charge in [-0.25, -0.2) is 0 Å². The van der Waals surface area contributed by atoms with Crippen molar-refractivity contribution in [1.29, 1.82) is 0 Å². The van der Waals surface area contributed by atoms with E-state index in [2.05, 4.69) is 5.32 Å². The Balaban J connectivity index is 0.00000106. The third-order valence-corrected chi connectivity index (χ3v) is 2.80. The second-order valence-electron chi connectivity index (χ2n) is 4.02. The average molecular weight is 230 g/mol. The number of carbonyl (C=O) groups excluding carboxylic acids is 1. The molecule has 1 fully saturated rings. The van der Waals surface area contributed by atoms with Gasteiger partial charge >= 0.3 is 0 Å². The molecule has 16 heavy (non-hydrogen) atoms. The molecule has 0 spiro atoms. The summed E-state index contributed by atoms with van der Waals surface area (Å²) in [6.45, 7) is 5.85. The Labute approximate surface area is 99.3 Å². The maximum Gasteiger partial charge on any atom is 0.222 e. The molecular weight excluding hydrogens is 204 g/mol. The lowest BCUT2D eigenvalue weighted by Crippen LogP contribution is -2.43. The van der Waals surface area contributed by atoms with E-state index in [-0.39, 0.29) is 12.0 Å². The Bertz CT molecular complexity index is 195. The molecule has 0 aromatic rings. The van der Waals surface area contributed by atoms with Gasteiger partial charge in [0.05, 0.1) is 6.10 Å². The molecule has 2 unspecified atom stereocenters. The van der Waals surface area contributed by atoms with Crippen molar-refractivity contribution >= 4 is 5.91 Å². The lowest BCUT2D eigenvalue weighted by molar-refractivity contribution is -0.131. The molecule has 96 valence electrons. The molecule has 1 N–H and O–H groups in total. The average Bonchev–Trinajstić information content (AvgIpc) is 2.32. The van der Waals surface area contributed by atoms with E-state index in [0.29, 0.717) is 12.3 Å². The van der Waals surface area contributed by atoms with Crippen LogP contribution >= 0.6 is 0 Å². The van der Waals surface area contributed by atoms with Crippen LogP contribution in [0.3, 0.4) is 0 Å². The van der Waals surface area contributed by atoms with E-state index in [0.717, 1.165) is 19.5 Å². The molecule has 2 atom stereocenters. The van der Waals surface area contributed by atoms with E-state index in [1.165, 1.54) is 0 Å². The summed E-state index contributed by atoms with van der Waals surface area (Å²) in [5, 5.41) is 3.27. The van der Waals surface area contributed by atoms with Gasteiger partial charge in [0.2, 0.25) is 5.91 Å². The number of ether oxygens (including phenoxy) is 1. The summed E-state index contributed by atoms with van der Waals surface area (Å²) in [5.41, 5.74) is 0. The van der Waals surface area contributed by atoms with Crippen molar-refractivity contribution in [2.45, 2.75) is 32.8 Å². The van der Waals surface area contributed by atoms with Gasteiger partial charge in [-0.15, -0.1) is 0 Å². The fraction of sp³-hybridized carbons (Fsp3) is 0.917. The Morgan fingerprint density at radius 2 is 2.06 bits per heavy atom. The topological polar surface area (TPSA) is 41.6 Å². The van der Waals surface area contributed by atoms with Crippen molar-refractivity contribution in [1.82, 2.24) is 10.2 Å². The zero-order valence-corrected chi connectivity index (χ0v) is 11.2. The van der Waals surface area contributed by atoms with Crippen LogP contribution in [0.15, 0.2) is 0 Å². The molecule has 0 radical (unpaired) electrons. The number of amides is 1. The number of piperidine rings is 1. The summed E-state index contributed by atoms with van der Waals surface area (Å²) in [6.07, 6.45) is 1.82. The Kier molecular flexibility index (Phi) is 8.21. The van der Waals surface area contributed by atoms with Gasteiger partial charge in [-0.1, -0.05) is 13.8 Å². The van der Waals surface area contributed by atoms with Gasteiger partial charge < -0.3 is 15.0 Å². The zero-order valence-electron chi connectivity index (χ0n) is 11.2. The summed E-state index contributed by atoms with van der Waals surface area (Å²) in [5.74, 6) is 0.565. The fourth-order valence-corrected chi connectivity index (χ4v) is 1.80. The van der Waals surface area contributed by atoms with E-state index in [1.54, 1.807) is 26.1 Å². The van der Waals surface area contributed by atoms with Gasteiger partial charge in [0.25, 0.3) is 0 Å². The number of nitrogens with zero attached hydrogens (tertiary/aromatic N) is 1. The Morgan fingerprint density at radius 1 is 1.44 bits per heavy atom. The van der Waals surface area contributed by atoms with E-state index in [4.69, 9.17) is 4.74 Å². The number of nitrogens with one attached hydrogen (secondary N) is 1. The minimum Gasteiger partial charge on any atom is -0.380 e. The van der Waals surface area contributed by atoms with Crippen molar-refractivity contribution in [2.24, 2.45) is 5.92 Å². The van der Waals surface area contributed by atoms with Crippen LogP contribution in [0.25, 0.3) is 0 Å². The summed E-state index contributed by atoms with van der Waals surface area (Å²) >= 11 is 0. The van der Waals surface area contributed by atoms with Crippen LogP contribution in [-0.4, -0.2) is 51.2 Å². The predicted octanol–water partition coefficient (Wildman–Crippen LogP) is 1.12. The third-order valence-electron chi connectivity index (χ3n) is 2.80. The van der Waals surface area contributed by atoms with Crippen LogP contribution in [0.5, 0.6) is 0 Å². The SMILES string of the molecule is CC.COC1CNCCC1CC(=O)N(C)C. The van der Waals surface area contributed by atoms with Crippen LogP contribution in [0.4, 0.5) is 0 Å². The van der Waals surface area contributed by atoms with Gasteiger partial charge in [0.15, 0.2) is 0 Å². The monoisotopic (exact) mass is 230 g/mol. The van der Waals surface area contributed by atoms with E-state index < -0.39 is 0 Å². The molecule has 0 aromatic heterocycles. The first-order chi connectivity index (χ1) is 7.65. The molecule has 1 aliphatic rings. The Morgan fingerprint density at radius 3 is 2.56 bits per heavy atom. The second kappa shape index (κ2) is 8.53. The fourth-order valence-electron chi connectivity index (χ4n) is 1.80. The minimum atomic E-state index is 0.188. The van der Waals surface area contributed by atoms with Gasteiger partial charge in [0, 0.05) is 34.2 Å². The quantitative estimate of drug-likeness (QED) is 0.790. The molecule has 1 amide bonds. The highest BCUT2D eigenvalue weighted by Gasteiger charge is 2.27. The number of carbonyl (C=O) groups is 1. The van der Waals surface area contributed by atoms with Gasteiger partial charge in [0.1, 0.15) is 0 Å². The van der Waals surface area contributed by atoms with Crippen LogP contribution in [-0.2, 0) is 9.53 Å². The molecule has 1 aliphatic heterocycles. The highest BCUT2D eigenvalue weighted by Crippen LogP contribution is 2.19. The van der Waals surface area contributed by atoms with Crippen molar-refractivity contribution in [3.8, 4) is 0 Å². The molecular formula is C12H26N2O2. The molecule has 0 aliphatic carbocycles. The van der Waals surface area contributed by atoms with Crippen molar-refractivity contribution < 1.29 is 9.53 Å². The molecule has 4 heteroatoms. The summed E-state index contributed by atoms with van der Waals surface area (Å²) in [4.78, 5) is 13.2. The lowest BCUT2D eigenvalue weighted by Gasteiger charge is -2.31. The molecule has 0 bridgehead atoms. The van der Waals surface area contributed by atoms with Gasteiger partial charge in [-0.3, -0.25) is 4.79 Å². The standard InChI is InChI=1S/C10H20N2O2.C2H6/c1-12(2)10(13)6-8-4-5-11-7-9(8)14-3;1-2/h8-9,11H,4-7H2,1-3H3;1-2H3. The molecule has 1 heterocycles. The highest BCUT2D eigenvalue weighted by atomic mass is 16.5. The maximum absolute atomic E-state index is 11.5. The number of hydrogen-bond acceptors (Lipinski definition) is 3. The molecule has 0 aromatic carbocycles. The second-order valence-corrected chi connectivity index (χ2v) is 4.02. The van der Waals surface area contributed by atoms with Crippen molar-refractivity contribution in [2.75, 3.05) is 34.3 Å². The largest absolute Gasteiger partial charge is 0.380 e. The zero-order chi connectivity index (χ0) is 12.6. The van der Waals surface area contributed by atoms with E-state index in [9.17, 15) is 4.79 Å². The maximum atomic E-state index is 11.5. The van der Waals surface area contributed by atoms with Gasteiger partial charge in [-0.05, 0) is 18.9 Å². The van der Waals surface area contributed by atoms with Crippen LogP contribution in [0.2, 0.25) is 0 Å². The first kappa shape index (κ1) is 15.4. The lowest BCUT2D eigenvalue weighted by atomic mass is 9.91. The van der Waals surface area contributed by atoms with Crippen LogP contribution < -0.4 is 5.32 Å². The van der Waals surface area contributed by atoms with Gasteiger partial charge in [-0.2, -0.15) is 0 Å². The minimum absolute atomic E-state index is 0.188. The highest BCUT2D eigenvalue weighted by molar-refractivity contribution is 5.75. The molecule has 0 saturated carbocycles. The summed E-state index contributed by atoms with van der Waals surface area (Å²) < 4.78 is 5.35. The summed E-state index contributed by atoms with van der Waals surface area (Å²) in [6, 6.07) is 0. The molecule has 1 rings (SSSR count). The smallest absolute Gasteiger partial charge is 0.222 e. The van der Waals surface area contributed by atoms with Crippen molar-refractivity contribution in [3.05, 3.63) is 0 Å². The molecule has 1 saturated heterocycles. The normalized spacial score (nSPS) is 24.3. The van der Waals surface area contributed by atoms with Crippen molar-refractivity contribution in [3.63, 3.8) is 0 Å². The van der Waals surface area contributed by atoms with Crippen LogP contribution in [0.1, 0.15) is 26.7 Å². The van der Waals surface area contributed by atoms with E-state index >= 15 is 0 Å². The van der Waals surface area contributed by atoms with E-state index in [1.807, 2.05) is 13.8 Å². The first-order valence-electron chi connectivity index (χ1n) is 6.08. The molecule has 4 nitrogen and oxygen atoms in total. The summed E-state index contributed by atoms with van der Waals surface area (Å²) in [7, 11) is 5.31. The predicted molar refractivity (Wildman–Crippen MR) is 66.4 cm³/mol. The third kappa shape index (κ3) is 4.94. The van der Waals surface area contributed by atoms with Crippen LogP contribution in [0, 0.1) is 5.92 Å². The number of rotatable bonds is 3. The number of methoxy groups -OCH3 is 1. The Hall–Kier alpha value is -0.610. The number of hydrogen-bond donors (Lipinski definition) is 1.